The molecule has 1 aromatic heterocycles. The fraction of sp³-hybridized carbons (Fsp3) is 0.727. The third-order valence-corrected chi connectivity index (χ3v) is 4.55. The van der Waals surface area contributed by atoms with Crippen molar-refractivity contribution in [1.82, 2.24) is 4.98 Å². The first-order chi connectivity index (χ1) is 6.95. The molecule has 0 fully saturated rings. The third-order valence-electron chi connectivity index (χ3n) is 2.41. The molecule has 1 unspecified atom stereocenters. The Hall–Kier alpha value is -0.0600. The molecule has 1 aromatic rings. The lowest BCUT2D eigenvalue weighted by atomic mass is 9.97. The zero-order valence-electron chi connectivity index (χ0n) is 9.91. The van der Waals surface area contributed by atoms with Gasteiger partial charge in [-0.3, -0.25) is 0 Å². The fourth-order valence-electron chi connectivity index (χ4n) is 1.06. The molecule has 0 aliphatic heterocycles. The van der Waals surface area contributed by atoms with Gasteiger partial charge in [-0.1, -0.05) is 20.8 Å². The van der Waals surface area contributed by atoms with Crippen LogP contribution in [-0.2, 0) is 11.3 Å². The van der Waals surface area contributed by atoms with Crippen LogP contribution in [0.25, 0.3) is 0 Å². The van der Waals surface area contributed by atoms with Crippen molar-refractivity contribution in [3.8, 4) is 0 Å². The minimum Gasteiger partial charge on any atom is -0.320 e. The smallest absolute Gasteiger partial charge is 0.103 e. The van der Waals surface area contributed by atoms with Gasteiger partial charge in [0.2, 0.25) is 0 Å². The zero-order valence-corrected chi connectivity index (χ0v) is 11.5. The van der Waals surface area contributed by atoms with Gasteiger partial charge in [0.25, 0.3) is 0 Å². The Morgan fingerprint density at radius 2 is 2.27 bits per heavy atom. The van der Waals surface area contributed by atoms with Gasteiger partial charge < -0.3 is 5.73 Å². The summed E-state index contributed by atoms with van der Waals surface area (Å²) >= 11 is 3.64. The van der Waals surface area contributed by atoms with Crippen molar-refractivity contribution in [1.29, 1.82) is 0 Å². The van der Waals surface area contributed by atoms with E-state index in [1.165, 1.54) is 5.01 Å². The lowest BCUT2D eigenvalue weighted by molar-refractivity contribution is 0.463. The maximum Gasteiger partial charge on any atom is 0.103 e. The van der Waals surface area contributed by atoms with Crippen molar-refractivity contribution >= 4 is 23.1 Å². The highest BCUT2D eigenvalue weighted by Crippen LogP contribution is 2.26. The van der Waals surface area contributed by atoms with E-state index in [1.54, 1.807) is 11.3 Å². The molecule has 86 valence electrons. The van der Waals surface area contributed by atoms with E-state index >= 15 is 0 Å². The molecule has 0 aliphatic carbocycles. The summed E-state index contributed by atoms with van der Waals surface area (Å²) in [5.41, 5.74) is 6.91. The molecule has 0 aliphatic rings. The van der Waals surface area contributed by atoms with E-state index in [1.807, 2.05) is 18.7 Å². The van der Waals surface area contributed by atoms with Gasteiger partial charge in [-0.05, 0) is 18.6 Å². The van der Waals surface area contributed by atoms with E-state index in [4.69, 9.17) is 5.73 Å². The van der Waals surface area contributed by atoms with E-state index in [9.17, 15) is 0 Å². The van der Waals surface area contributed by atoms with E-state index in [2.05, 4.69) is 31.1 Å². The molecule has 2 N–H and O–H groups in total. The van der Waals surface area contributed by atoms with E-state index in [0.29, 0.717) is 5.25 Å². The third kappa shape index (κ3) is 3.78. The molecule has 0 saturated carbocycles. The van der Waals surface area contributed by atoms with Gasteiger partial charge in [-0.25, -0.2) is 4.98 Å². The van der Waals surface area contributed by atoms with Gasteiger partial charge in [0, 0.05) is 11.1 Å². The summed E-state index contributed by atoms with van der Waals surface area (Å²) in [6.07, 6.45) is 0.924. The second-order valence-electron chi connectivity index (χ2n) is 4.26. The lowest BCUT2D eigenvalue weighted by Crippen LogP contribution is -2.32. The molecule has 0 amide bonds. The Bertz CT molecular complexity index is 305. The molecule has 2 nitrogen and oxygen atoms in total. The molecule has 0 aromatic carbocycles. The number of hydrogen-bond donors (Lipinski definition) is 1. The van der Waals surface area contributed by atoms with Crippen LogP contribution in [0.3, 0.4) is 0 Å². The van der Waals surface area contributed by atoms with Crippen LogP contribution >= 0.6 is 23.1 Å². The van der Waals surface area contributed by atoms with Gasteiger partial charge in [0.05, 0.1) is 11.2 Å². The highest BCUT2D eigenvalue weighted by Gasteiger charge is 2.21. The average molecular weight is 244 g/mol. The summed E-state index contributed by atoms with van der Waals surface area (Å²) < 4.78 is 0. The maximum atomic E-state index is 6.14. The molecule has 0 bridgehead atoms. The Morgan fingerprint density at radius 1 is 1.60 bits per heavy atom. The lowest BCUT2D eigenvalue weighted by Gasteiger charge is -2.19. The van der Waals surface area contributed by atoms with Gasteiger partial charge in [0.15, 0.2) is 0 Å². The Labute approximate surface area is 101 Å². The van der Waals surface area contributed by atoms with Crippen LogP contribution in [0.15, 0.2) is 5.38 Å². The number of thiazole rings is 1. The fourth-order valence-corrected chi connectivity index (χ4v) is 2.80. The number of hydrogen-bond acceptors (Lipinski definition) is 4. The van der Waals surface area contributed by atoms with Crippen LogP contribution in [0.2, 0.25) is 0 Å². The molecule has 0 saturated heterocycles. The normalized spacial score (nSPS) is 15.6. The summed E-state index contributed by atoms with van der Waals surface area (Å²) in [5, 5.41) is 3.95. The summed E-state index contributed by atoms with van der Waals surface area (Å²) in [6, 6.07) is 0. The van der Waals surface area contributed by atoms with Gasteiger partial charge in [-0.15, -0.1) is 11.3 Å². The second kappa shape index (κ2) is 5.32. The standard InChI is InChI=1S/C11H20N2S2/c1-5-11(4,12)9-6-15-10(13-9)7-14-8(2)3/h6,8H,5,7,12H2,1-4H3. The van der Waals surface area contributed by atoms with Crippen LogP contribution in [0, 0.1) is 0 Å². The van der Waals surface area contributed by atoms with Crippen LogP contribution in [0.4, 0.5) is 0 Å². The first-order valence-electron chi connectivity index (χ1n) is 5.31. The molecular weight excluding hydrogens is 224 g/mol. The van der Waals surface area contributed by atoms with Gasteiger partial charge >= 0.3 is 0 Å². The second-order valence-corrected chi connectivity index (χ2v) is 6.76. The van der Waals surface area contributed by atoms with Crippen LogP contribution in [0.1, 0.15) is 44.8 Å². The minimum atomic E-state index is -0.267. The van der Waals surface area contributed by atoms with Crippen LogP contribution < -0.4 is 5.73 Å². The maximum absolute atomic E-state index is 6.14. The first-order valence-corrected chi connectivity index (χ1v) is 7.24. The highest BCUT2D eigenvalue weighted by atomic mass is 32.2. The number of thioether (sulfide) groups is 1. The van der Waals surface area contributed by atoms with Crippen molar-refractivity contribution < 1.29 is 0 Å². The molecule has 4 heteroatoms. The van der Waals surface area contributed by atoms with Gasteiger partial charge in [-0.2, -0.15) is 11.8 Å². The van der Waals surface area contributed by atoms with Crippen molar-refractivity contribution in [2.75, 3.05) is 0 Å². The summed E-state index contributed by atoms with van der Waals surface area (Å²) in [6.45, 7) is 8.56. The highest BCUT2D eigenvalue weighted by molar-refractivity contribution is 7.99. The predicted molar refractivity (Wildman–Crippen MR) is 70.4 cm³/mol. The van der Waals surface area contributed by atoms with Crippen LogP contribution in [0.5, 0.6) is 0 Å². The molecular formula is C11H20N2S2. The largest absolute Gasteiger partial charge is 0.320 e. The molecule has 1 rings (SSSR count). The Morgan fingerprint density at radius 3 is 2.80 bits per heavy atom. The number of rotatable bonds is 5. The average Bonchev–Trinajstić information content (AvgIpc) is 2.63. The topological polar surface area (TPSA) is 38.9 Å². The zero-order chi connectivity index (χ0) is 11.5. The molecule has 1 atom stereocenters. The van der Waals surface area contributed by atoms with E-state index in [-0.39, 0.29) is 5.54 Å². The van der Waals surface area contributed by atoms with Gasteiger partial charge in [0.1, 0.15) is 5.01 Å². The van der Waals surface area contributed by atoms with Crippen molar-refractivity contribution in [3.63, 3.8) is 0 Å². The minimum absolute atomic E-state index is 0.267. The first kappa shape index (κ1) is 13.0. The Balaban J connectivity index is 2.64. The monoisotopic (exact) mass is 244 g/mol. The van der Waals surface area contributed by atoms with Crippen molar-refractivity contribution in [3.05, 3.63) is 16.1 Å². The summed E-state index contributed by atoms with van der Waals surface area (Å²) in [4.78, 5) is 4.60. The quantitative estimate of drug-likeness (QED) is 0.863. The van der Waals surface area contributed by atoms with Crippen LogP contribution in [-0.4, -0.2) is 10.2 Å². The van der Waals surface area contributed by atoms with Crippen molar-refractivity contribution in [2.24, 2.45) is 5.73 Å². The predicted octanol–water partition coefficient (Wildman–Crippen LogP) is 3.37. The number of nitrogens with two attached hydrogens (primary N) is 1. The molecule has 15 heavy (non-hydrogen) atoms. The van der Waals surface area contributed by atoms with E-state index in [0.717, 1.165) is 17.9 Å². The Kier molecular flexibility index (Phi) is 4.62. The molecule has 1 heterocycles. The molecule has 0 spiro atoms. The summed E-state index contributed by atoms with van der Waals surface area (Å²) in [7, 11) is 0. The number of aromatic nitrogens is 1. The van der Waals surface area contributed by atoms with E-state index < -0.39 is 0 Å². The molecule has 0 radical (unpaired) electrons. The number of nitrogens with zero attached hydrogens (tertiary/aromatic N) is 1. The summed E-state index contributed by atoms with van der Waals surface area (Å²) in [5.74, 6) is 1.00. The van der Waals surface area contributed by atoms with Crippen molar-refractivity contribution in [2.45, 2.75) is 50.7 Å². The SMILES string of the molecule is CCC(C)(N)c1csc(CSC(C)C)n1.